The van der Waals surface area contributed by atoms with Crippen molar-refractivity contribution >= 4 is 11.8 Å². The lowest BCUT2D eigenvalue weighted by Crippen LogP contribution is -2.43. The first-order valence-electron chi connectivity index (χ1n) is 6.48. The second kappa shape index (κ2) is 4.96. The Kier molecular flexibility index (Phi) is 3.55. The Morgan fingerprint density at radius 1 is 1.44 bits per heavy atom. The van der Waals surface area contributed by atoms with Gasteiger partial charge in [0.2, 0.25) is 0 Å². The molecular weight excluding hydrogens is 228 g/mol. The average molecular weight is 248 g/mol. The number of aryl methyl sites for hydroxylation is 1. The number of aromatic carboxylic acids is 1. The molecule has 2 unspecified atom stereocenters. The minimum absolute atomic E-state index is 0.288. The first-order valence-corrected chi connectivity index (χ1v) is 6.48. The highest BCUT2D eigenvalue weighted by atomic mass is 16.4. The van der Waals surface area contributed by atoms with Crippen LogP contribution in [0.2, 0.25) is 0 Å². The summed E-state index contributed by atoms with van der Waals surface area (Å²) in [5, 5.41) is 9.01. The van der Waals surface area contributed by atoms with Gasteiger partial charge in [-0.05, 0) is 44.7 Å². The largest absolute Gasteiger partial charge is 0.478 e. The van der Waals surface area contributed by atoms with Gasteiger partial charge in [-0.25, -0.2) is 9.78 Å². The molecule has 1 aromatic heterocycles. The summed E-state index contributed by atoms with van der Waals surface area (Å²) < 4.78 is 0. The fourth-order valence-corrected chi connectivity index (χ4v) is 2.59. The van der Waals surface area contributed by atoms with Gasteiger partial charge in [-0.15, -0.1) is 0 Å². The SMILES string of the molecule is Cc1nc(N2CCCC(C)C2C)ccc1C(=O)O. The van der Waals surface area contributed by atoms with E-state index in [9.17, 15) is 4.79 Å². The number of nitrogens with zero attached hydrogens (tertiary/aromatic N) is 2. The molecule has 2 rings (SSSR count). The lowest BCUT2D eigenvalue weighted by Gasteiger charge is -2.39. The van der Waals surface area contributed by atoms with Gasteiger partial charge in [0.15, 0.2) is 0 Å². The van der Waals surface area contributed by atoms with Gasteiger partial charge in [-0.3, -0.25) is 0 Å². The third kappa shape index (κ3) is 2.33. The highest BCUT2D eigenvalue weighted by Crippen LogP contribution is 2.27. The number of pyridine rings is 1. The summed E-state index contributed by atoms with van der Waals surface area (Å²) in [7, 11) is 0. The molecule has 1 saturated heterocycles. The van der Waals surface area contributed by atoms with Crippen molar-refractivity contribution in [3.8, 4) is 0 Å². The van der Waals surface area contributed by atoms with Crippen molar-refractivity contribution in [2.24, 2.45) is 5.92 Å². The maximum atomic E-state index is 11.0. The summed E-state index contributed by atoms with van der Waals surface area (Å²) in [5.74, 6) is 0.642. The molecule has 2 heterocycles. The van der Waals surface area contributed by atoms with Crippen LogP contribution in [0.1, 0.15) is 42.7 Å². The second-order valence-electron chi connectivity index (χ2n) is 5.16. The van der Waals surface area contributed by atoms with Crippen LogP contribution in [0.15, 0.2) is 12.1 Å². The standard InChI is InChI=1S/C14H20N2O2/c1-9-5-4-8-16(11(9)3)13-7-6-12(14(17)18)10(2)15-13/h6-7,9,11H,4-5,8H2,1-3H3,(H,17,18). The number of hydrogen-bond donors (Lipinski definition) is 1. The predicted molar refractivity (Wildman–Crippen MR) is 71.1 cm³/mol. The van der Waals surface area contributed by atoms with Gasteiger partial charge >= 0.3 is 5.97 Å². The van der Waals surface area contributed by atoms with Crippen LogP contribution in [0.5, 0.6) is 0 Å². The molecule has 0 spiro atoms. The van der Waals surface area contributed by atoms with Crippen molar-refractivity contribution in [3.05, 3.63) is 23.4 Å². The van der Waals surface area contributed by atoms with E-state index in [0.29, 0.717) is 17.7 Å². The molecule has 1 fully saturated rings. The molecule has 1 aromatic rings. The van der Waals surface area contributed by atoms with Gasteiger partial charge in [-0.2, -0.15) is 0 Å². The predicted octanol–water partition coefficient (Wildman–Crippen LogP) is 2.71. The summed E-state index contributed by atoms with van der Waals surface area (Å²) in [6.45, 7) is 7.23. The highest BCUT2D eigenvalue weighted by Gasteiger charge is 2.26. The average Bonchev–Trinajstić information content (AvgIpc) is 2.32. The number of carboxylic acids is 1. The Bertz CT molecular complexity index is 459. The third-order valence-corrected chi connectivity index (χ3v) is 3.97. The Labute approximate surface area is 108 Å². The van der Waals surface area contributed by atoms with Crippen LogP contribution < -0.4 is 4.90 Å². The molecule has 1 N–H and O–H groups in total. The van der Waals surface area contributed by atoms with Crippen LogP contribution in [0.3, 0.4) is 0 Å². The van der Waals surface area contributed by atoms with E-state index in [1.165, 1.54) is 12.8 Å². The monoisotopic (exact) mass is 248 g/mol. The molecule has 2 atom stereocenters. The maximum Gasteiger partial charge on any atom is 0.337 e. The molecule has 98 valence electrons. The van der Waals surface area contributed by atoms with Crippen molar-refractivity contribution in [2.45, 2.75) is 39.7 Å². The Balaban J connectivity index is 2.28. The van der Waals surface area contributed by atoms with Gasteiger partial charge in [0, 0.05) is 12.6 Å². The molecule has 0 aromatic carbocycles. The zero-order valence-corrected chi connectivity index (χ0v) is 11.2. The molecule has 0 saturated carbocycles. The van der Waals surface area contributed by atoms with Gasteiger partial charge in [-0.1, -0.05) is 6.92 Å². The van der Waals surface area contributed by atoms with Crippen LogP contribution in [0.4, 0.5) is 5.82 Å². The number of anilines is 1. The van der Waals surface area contributed by atoms with E-state index in [-0.39, 0.29) is 5.56 Å². The number of hydrogen-bond acceptors (Lipinski definition) is 3. The van der Waals surface area contributed by atoms with Crippen LogP contribution in [0, 0.1) is 12.8 Å². The third-order valence-electron chi connectivity index (χ3n) is 3.97. The van der Waals surface area contributed by atoms with E-state index in [4.69, 9.17) is 5.11 Å². The number of carbonyl (C=O) groups is 1. The van der Waals surface area contributed by atoms with Crippen LogP contribution in [-0.4, -0.2) is 28.6 Å². The normalized spacial score (nSPS) is 24.1. The number of carboxylic acid groups (broad SMARTS) is 1. The lowest BCUT2D eigenvalue weighted by atomic mass is 9.92. The summed E-state index contributed by atoms with van der Waals surface area (Å²) in [6, 6.07) is 3.94. The number of piperidine rings is 1. The van der Waals surface area contributed by atoms with E-state index in [1.54, 1.807) is 13.0 Å². The van der Waals surface area contributed by atoms with Crippen molar-refractivity contribution in [1.82, 2.24) is 4.98 Å². The maximum absolute atomic E-state index is 11.0. The quantitative estimate of drug-likeness (QED) is 0.874. The summed E-state index contributed by atoms with van der Waals surface area (Å²) >= 11 is 0. The summed E-state index contributed by atoms with van der Waals surface area (Å²) in [5.41, 5.74) is 0.877. The first kappa shape index (κ1) is 12.9. The summed E-state index contributed by atoms with van der Waals surface area (Å²) in [6.07, 6.45) is 2.43. The molecule has 1 aliphatic rings. The second-order valence-corrected chi connectivity index (χ2v) is 5.16. The molecule has 0 bridgehead atoms. The minimum atomic E-state index is -0.911. The van der Waals surface area contributed by atoms with Crippen molar-refractivity contribution in [3.63, 3.8) is 0 Å². The van der Waals surface area contributed by atoms with E-state index in [0.717, 1.165) is 12.4 Å². The van der Waals surface area contributed by atoms with Crippen molar-refractivity contribution < 1.29 is 9.90 Å². The van der Waals surface area contributed by atoms with E-state index >= 15 is 0 Å². The van der Waals surface area contributed by atoms with Crippen LogP contribution in [0.25, 0.3) is 0 Å². The molecule has 18 heavy (non-hydrogen) atoms. The van der Waals surface area contributed by atoms with Gasteiger partial charge < -0.3 is 10.0 Å². The topological polar surface area (TPSA) is 53.4 Å². The van der Waals surface area contributed by atoms with Gasteiger partial charge in [0.1, 0.15) is 5.82 Å². The van der Waals surface area contributed by atoms with Gasteiger partial charge in [0.25, 0.3) is 0 Å². The molecule has 0 amide bonds. The van der Waals surface area contributed by atoms with Gasteiger partial charge in [0.05, 0.1) is 11.3 Å². The fraction of sp³-hybridized carbons (Fsp3) is 0.571. The van der Waals surface area contributed by atoms with Crippen molar-refractivity contribution in [1.29, 1.82) is 0 Å². The smallest absolute Gasteiger partial charge is 0.337 e. The van der Waals surface area contributed by atoms with E-state index in [2.05, 4.69) is 23.7 Å². The molecule has 4 heteroatoms. The zero-order valence-electron chi connectivity index (χ0n) is 11.2. The van der Waals surface area contributed by atoms with E-state index < -0.39 is 5.97 Å². The van der Waals surface area contributed by atoms with E-state index in [1.807, 2.05) is 6.07 Å². The summed E-state index contributed by atoms with van der Waals surface area (Å²) in [4.78, 5) is 17.7. The highest BCUT2D eigenvalue weighted by molar-refractivity contribution is 5.89. The fourth-order valence-electron chi connectivity index (χ4n) is 2.59. The Hall–Kier alpha value is -1.58. The number of rotatable bonds is 2. The van der Waals surface area contributed by atoms with Crippen LogP contribution in [-0.2, 0) is 0 Å². The van der Waals surface area contributed by atoms with Crippen LogP contribution >= 0.6 is 0 Å². The molecular formula is C14H20N2O2. The number of aromatic nitrogens is 1. The molecule has 1 aliphatic heterocycles. The Morgan fingerprint density at radius 2 is 2.17 bits per heavy atom. The zero-order chi connectivity index (χ0) is 13.3. The molecule has 0 radical (unpaired) electrons. The lowest BCUT2D eigenvalue weighted by molar-refractivity contribution is 0.0695. The first-order chi connectivity index (χ1) is 8.50. The van der Waals surface area contributed by atoms with Crippen molar-refractivity contribution in [2.75, 3.05) is 11.4 Å². The Morgan fingerprint density at radius 3 is 2.78 bits per heavy atom. The molecule has 0 aliphatic carbocycles. The minimum Gasteiger partial charge on any atom is -0.478 e. The molecule has 4 nitrogen and oxygen atoms in total.